The molecular formula is C18H26N4O2. The lowest BCUT2D eigenvalue weighted by molar-refractivity contribution is 0.290. The van der Waals surface area contributed by atoms with E-state index in [2.05, 4.69) is 15.6 Å². The van der Waals surface area contributed by atoms with Gasteiger partial charge in [0.2, 0.25) is 0 Å². The summed E-state index contributed by atoms with van der Waals surface area (Å²) in [6.07, 6.45) is 10.6. The van der Waals surface area contributed by atoms with Gasteiger partial charge in [0.1, 0.15) is 17.7 Å². The molecule has 6 heteroatoms. The third kappa shape index (κ3) is 3.48. The van der Waals surface area contributed by atoms with Gasteiger partial charge in [-0.3, -0.25) is 4.68 Å². The van der Waals surface area contributed by atoms with Crippen LogP contribution in [0.4, 0.5) is 5.82 Å². The fourth-order valence-corrected chi connectivity index (χ4v) is 3.76. The molecule has 130 valence electrons. The zero-order valence-corrected chi connectivity index (χ0v) is 14.5. The number of hydrogen-bond donors (Lipinski definition) is 1. The Labute approximate surface area is 142 Å². The van der Waals surface area contributed by atoms with Gasteiger partial charge in [0.25, 0.3) is 0 Å². The Hall–Kier alpha value is -1.82. The molecule has 0 bridgehead atoms. The Balaban J connectivity index is 1.28. The lowest BCUT2D eigenvalue weighted by Gasteiger charge is -2.20. The predicted octanol–water partition coefficient (Wildman–Crippen LogP) is 3.64. The molecule has 1 saturated carbocycles. The number of epoxide rings is 1. The van der Waals surface area contributed by atoms with Crippen molar-refractivity contribution in [2.75, 3.05) is 5.32 Å². The van der Waals surface area contributed by atoms with E-state index in [4.69, 9.17) is 9.26 Å². The van der Waals surface area contributed by atoms with Gasteiger partial charge < -0.3 is 14.6 Å². The van der Waals surface area contributed by atoms with E-state index in [1.165, 1.54) is 38.5 Å². The van der Waals surface area contributed by atoms with Gasteiger partial charge in [-0.05, 0) is 26.2 Å². The summed E-state index contributed by atoms with van der Waals surface area (Å²) in [6.45, 7) is 4.58. The summed E-state index contributed by atoms with van der Waals surface area (Å²) >= 11 is 0. The van der Waals surface area contributed by atoms with Crippen LogP contribution in [0.3, 0.4) is 0 Å². The number of aromatic nitrogens is 3. The van der Waals surface area contributed by atoms with Crippen LogP contribution in [0.25, 0.3) is 0 Å². The zero-order chi connectivity index (χ0) is 16.5. The number of nitrogens with one attached hydrogen (secondary N) is 1. The van der Waals surface area contributed by atoms with Gasteiger partial charge in [-0.2, -0.15) is 5.10 Å². The highest BCUT2D eigenvalue weighted by Gasteiger charge is 2.40. The minimum Gasteiger partial charge on any atom is -0.361 e. The third-order valence-corrected chi connectivity index (χ3v) is 5.30. The molecule has 0 amide bonds. The molecule has 2 atom stereocenters. The van der Waals surface area contributed by atoms with E-state index in [0.717, 1.165) is 28.8 Å². The largest absolute Gasteiger partial charge is 0.361 e. The minimum atomic E-state index is 0.134. The molecule has 0 aromatic carbocycles. The van der Waals surface area contributed by atoms with E-state index in [1.54, 1.807) is 0 Å². The van der Waals surface area contributed by atoms with E-state index in [0.29, 0.717) is 12.6 Å². The van der Waals surface area contributed by atoms with E-state index in [1.807, 2.05) is 30.8 Å². The molecule has 1 N–H and O–H groups in total. The van der Waals surface area contributed by atoms with Crippen molar-refractivity contribution in [1.29, 1.82) is 0 Å². The summed E-state index contributed by atoms with van der Waals surface area (Å²) in [5.74, 6) is 2.58. The summed E-state index contributed by atoms with van der Waals surface area (Å²) in [5.41, 5.74) is 2.03. The maximum atomic E-state index is 5.79. The van der Waals surface area contributed by atoms with Crippen LogP contribution < -0.4 is 5.32 Å². The van der Waals surface area contributed by atoms with Crippen molar-refractivity contribution in [3.63, 3.8) is 0 Å². The standard InChI is InChI=1S/C18H26N4O2/c1-12-15(13(2)24-21-12)11-22-9-8-17(20-22)19-18-16(23-18)10-14-6-4-3-5-7-14/h8-9,14,16,18H,3-7,10-11H2,1-2H3,(H,19,20). The summed E-state index contributed by atoms with van der Waals surface area (Å²) in [4.78, 5) is 0. The molecule has 2 unspecified atom stereocenters. The molecule has 0 radical (unpaired) electrons. The number of ether oxygens (including phenoxy) is 1. The van der Waals surface area contributed by atoms with Crippen molar-refractivity contribution >= 4 is 5.82 Å². The fourth-order valence-electron chi connectivity index (χ4n) is 3.76. The van der Waals surface area contributed by atoms with E-state index >= 15 is 0 Å². The molecule has 0 spiro atoms. The van der Waals surface area contributed by atoms with Crippen LogP contribution in [0.1, 0.15) is 55.5 Å². The quantitative estimate of drug-likeness (QED) is 0.819. The SMILES string of the molecule is Cc1noc(C)c1Cn1ccc(NC2OC2CC2CCCCC2)n1. The second kappa shape index (κ2) is 6.59. The van der Waals surface area contributed by atoms with E-state index in [-0.39, 0.29) is 6.23 Å². The molecule has 2 aliphatic rings. The summed E-state index contributed by atoms with van der Waals surface area (Å²) in [6, 6.07) is 2.00. The Kier molecular flexibility index (Phi) is 4.31. The van der Waals surface area contributed by atoms with Gasteiger partial charge >= 0.3 is 0 Å². The van der Waals surface area contributed by atoms with E-state index in [9.17, 15) is 0 Å². The Morgan fingerprint density at radius 3 is 2.83 bits per heavy atom. The number of hydrogen-bond acceptors (Lipinski definition) is 5. The van der Waals surface area contributed by atoms with Crippen LogP contribution in [-0.2, 0) is 11.3 Å². The first-order valence-corrected chi connectivity index (χ1v) is 9.06. The number of anilines is 1. The normalized spacial score (nSPS) is 24.2. The number of rotatable bonds is 6. The molecule has 4 rings (SSSR count). The maximum absolute atomic E-state index is 5.79. The third-order valence-electron chi connectivity index (χ3n) is 5.30. The molecule has 24 heavy (non-hydrogen) atoms. The molecule has 2 aromatic heterocycles. The van der Waals surface area contributed by atoms with Gasteiger partial charge in [0.05, 0.1) is 12.2 Å². The van der Waals surface area contributed by atoms with Crippen LogP contribution in [0, 0.1) is 19.8 Å². The fraction of sp³-hybridized carbons (Fsp3) is 0.667. The molecular weight excluding hydrogens is 304 g/mol. The van der Waals surface area contributed by atoms with Gasteiger partial charge in [0.15, 0.2) is 6.23 Å². The first-order valence-electron chi connectivity index (χ1n) is 9.06. The highest BCUT2D eigenvalue weighted by Crippen LogP contribution is 2.35. The number of aryl methyl sites for hydroxylation is 2. The number of nitrogens with zero attached hydrogens (tertiary/aromatic N) is 3. The lowest BCUT2D eigenvalue weighted by atomic mass is 9.86. The van der Waals surface area contributed by atoms with Gasteiger partial charge in [-0.25, -0.2) is 0 Å². The van der Waals surface area contributed by atoms with Crippen molar-refractivity contribution in [1.82, 2.24) is 14.9 Å². The van der Waals surface area contributed by atoms with Crippen LogP contribution in [0.2, 0.25) is 0 Å². The average molecular weight is 330 g/mol. The summed E-state index contributed by atoms with van der Waals surface area (Å²) in [5, 5.41) is 12.0. The molecule has 2 aromatic rings. The first-order chi connectivity index (χ1) is 11.7. The van der Waals surface area contributed by atoms with E-state index < -0.39 is 0 Å². The molecule has 1 saturated heterocycles. The maximum Gasteiger partial charge on any atom is 0.156 e. The second-order valence-corrected chi connectivity index (χ2v) is 7.18. The van der Waals surface area contributed by atoms with Crippen LogP contribution in [-0.4, -0.2) is 27.3 Å². The zero-order valence-electron chi connectivity index (χ0n) is 14.5. The summed E-state index contributed by atoms with van der Waals surface area (Å²) in [7, 11) is 0. The van der Waals surface area contributed by atoms with Crippen molar-refractivity contribution in [2.24, 2.45) is 5.92 Å². The second-order valence-electron chi connectivity index (χ2n) is 7.18. The van der Waals surface area contributed by atoms with Crippen molar-refractivity contribution in [3.05, 3.63) is 29.3 Å². The monoisotopic (exact) mass is 330 g/mol. The first kappa shape index (κ1) is 15.7. The Morgan fingerprint density at radius 2 is 2.08 bits per heavy atom. The van der Waals surface area contributed by atoms with Crippen LogP contribution in [0.15, 0.2) is 16.8 Å². The van der Waals surface area contributed by atoms with Crippen molar-refractivity contribution in [3.8, 4) is 0 Å². The lowest BCUT2D eigenvalue weighted by Crippen LogP contribution is -2.13. The molecule has 3 heterocycles. The van der Waals surface area contributed by atoms with Crippen LogP contribution >= 0.6 is 0 Å². The van der Waals surface area contributed by atoms with Crippen LogP contribution in [0.5, 0.6) is 0 Å². The molecule has 1 aliphatic carbocycles. The molecule has 6 nitrogen and oxygen atoms in total. The summed E-state index contributed by atoms with van der Waals surface area (Å²) < 4.78 is 12.9. The molecule has 1 aliphatic heterocycles. The molecule has 2 fully saturated rings. The van der Waals surface area contributed by atoms with Gasteiger partial charge in [-0.15, -0.1) is 0 Å². The Bertz CT molecular complexity index is 668. The highest BCUT2D eigenvalue weighted by molar-refractivity contribution is 5.35. The Morgan fingerprint density at radius 1 is 1.25 bits per heavy atom. The predicted molar refractivity (Wildman–Crippen MR) is 90.8 cm³/mol. The topological polar surface area (TPSA) is 68.4 Å². The van der Waals surface area contributed by atoms with Gasteiger partial charge in [0, 0.05) is 17.8 Å². The highest BCUT2D eigenvalue weighted by atomic mass is 16.6. The van der Waals surface area contributed by atoms with Crippen molar-refractivity contribution < 1.29 is 9.26 Å². The smallest absolute Gasteiger partial charge is 0.156 e. The van der Waals surface area contributed by atoms with Gasteiger partial charge in [-0.1, -0.05) is 37.3 Å². The average Bonchev–Trinajstić information content (AvgIpc) is 3.00. The van der Waals surface area contributed by atoms with Crippen molar-refractivity contribution in [2.45, 2.75) is 71.2 Å². The minimum absolute atomic E-state index is 0.134.